The highest BCUT2D eigenvalue weighted by atomic mass is 16.4. The zero-order valence-corrected chi connectivity index (χ0v) is 37.5. The van der Waals surface area contributed by atoms with Crippen molar-refractivity contribution < 1.29 is 58.5 Å². The maximum atomic E-state index is 14.3. The van der Waals surface area contributed by atoms with Crippen molar-refractivity contribution in [1.82, 2.24) is 47.5 Å². The van der Waals surface area contributed by atoms with E-state index in [9.17, 15) is 58.5 Å². The number of benzene rings is 2. The van der Waals surface area contributed by atoms with Crippen molar-refractivity contribution in [3.63, 3.8) is 0 Å². The lowest BCUT2D eigenvalue weighted by molar-refractivity contribution is -0.142. The van der Waals surface area contributed by atoms with E-state index < -0.39 is 121 Å². The van der Waals surface area contributed by atoms with E-state index in [0.717, 1.165) is 0 Å². The number of hydrogen-bond donors (Lipinski definition) is 12. The van der Waals surface area contributed by atoms with Gasteiger partial charge in [0.15, 0.2) is 0 Å². The molecule has 358 valence electrons. The Balaban J connectivity index is 1.77. The summed E-state index contributed by atoms with van der Waals surface area (Å²) >= 11 is 0. The molecule has 21 nitrogen and oxygen atoms in total. The number of para-hydroxylation sites is 1. The number of carboxylic acids is 1. The van der Waals surface area contributed by atoms with Crippen LogP contribution in [0.5, 0.6) is 0 Å². The van der Waals surface area contributed by atoms with Crippen LogP contribution in [0.1, 0.15) is 65.0 Å². The number of rotatable bonds is 12. The first kappa shape index (κ1) is 51.8. The quantitative estimate of drug-likeness (QED) is 0.0980. The van der Waals surface area contributed by atoms with E-state index in [-0.39, 0.29) is 37.5 Å². The lowest BCUT2D eigenvalue weighted by Gasteiger charge is -2.28. The number of fused-ring (bicyclic) bond motifs is 1. The van der Waals surface area contributed by atoms with Gasteiger partial charge in [-0.15, -0.1) is 0 Å². The van der Waals surface area contributed by atoms with Crippen LogP contribution in [-0.2, 0) is 56.0 Å². The minimum absolute atomic E-state index is 0.0455. The predicted molar refractivity (Wildman–Crippen MR) is 239 cm³/mol. The second kappa shape index (κ2) is 24.4. The van der Waals surface area contributed by atoms with Crippen molar-refractivity contribution >= 4 is 64.1 Å². The number of aromatic amines is 1. The predicted octanol–water partition coefficient (Wildman–Crippen LogP) is -1.58. The fourth-order valence-corrected chi connectivity index (χ4v) is 7.28. The molecule has 3 aromatic rings. The maximum absolute atomic E-state index is 14.3. The van der Waals surface area contributed by atoms with E-state index >= 15 is 0 Å². The summed E-state index contributed by atoms with van der Waals surface area (Å²) in [5, 5.41) is 50.9. The van der Waals surface area contributed by atoms with Crippen LogP contribution in [0.2, 0.25) is 0 Å². The Bertz CT molecular complexity index is 2210. The van der Waals surface area contributed by atoms with Crippen LogP contribution in [0.25, 0.3) is 10.9 Å². The lowest BCUT2D eigenvalue weighted by atomic mass is 10.00. The summed E-state index contributed by atoms with van der Waals surface area (Å²) < 4.78 is 0. The Hall–Kier alpha value is -6.87. The van der Waals surface area contributed by atoms with Gasteiger partial charge >= 0.3 is 5.97 Å². The number of carbonyl (C=O) groups excluding carboxylic acids is 8. The molecule has 0 spiro atoms. The van der Waals surface area contributed by atoms with E-state index in [1.807, 2.05) is 0 Å². The summed E-state index contributed by atoms with van der Waals surface area (Å²) in [6.07, 6.45) is 0.337. The van der Waals surface area contributed by atoms with Crippen molar-refractivity contribution in [3.05, 3.63) is 71.9 Å². The summed E-state index contributed by atoms with van der Waals surface area (Å²) in [7, 11) is 0. The Morgan fingerprint density at radius 3 is 1.45 bits per heavy atom. The van der Waals surface area contributed by atoms with Crippen LogP contribution in [0.4, 0.5) is 0 Å². The molecule has 12 N–H and O–H groups in total. The van der Waals surface area contributed by atoms with Gasteiger partial charge in [0.05, 0.1) is 19.6 Å². The molecular weight excluding hydrogens is 859 g/mol. The number of aliphatic hydroxyl groups excluding tert-OH is 2. The van der Waals surface area contributed by atoms with E-state index in [0.29, 0.717) is 22.0 Å². The number of carbonyl (C=O) groups is 9. The van der Waals surface area contributed by atoms with Crippen LogP contribution < -0.4 is 42.5 Å². The average Bonchev–Trinajstić information content (AvgIpc) is 3.67. The van der Waals surface area contributed by atoms with Gasteiger partial charge in [-0.25, -0.2) is 0 Å². The van der Waals surface area contributed by atoms with Crippen LogP contribution in [0, 0.1) is 11.8 Å². The molecule has 4 rings (SSSR count). The zero-order valence-electron chi connectivity index (χ0n) is 37.5. The molecular formula is C45H61N9O12. The fraction of sp³-hybridized carbons (Fsp3) is 0.489. The first-order valence-corrected chi connectivity index (χ1v) is 21.7. The number of H-pyrrole nitrogens is 1. The highest BCUT2D eigenvalue weighted by Crippen LogP contribution is 2.20. The molecule has 0 saturated carbocycles. The average molecular weight is 920 g/mol. The molecule has 1 fully saturated rings. The third-order valence-electron chi connectivity index (χ3n) is 10.7. The second-order valence-electron chi connectivity index (χ2n) is 17.1. The van der Waals surface area contributed by atoms with Crippen molar-refractivity contribution in [3.8, 4) is 0 Å². The largest absolute Gasteiger partial charge is 0.481 e. The first-order valence-electron chi connectivity index (χ1n) is 21.7. The normalized spacial score (nSPS) is 24.8. The molecule has 0 bridgehead atoms. The van der Waals surface area contributed by atoms with Crippen molar-refractivity contribution in [2.75, 3.05) is 13.2 Å². The minimum atomic E-state index is -1.85. The molecule has 0 unspecified atom stereocenters. The molecule has 2 heterocycles. The van der Waals surface area contributed by atoms with Gasteiger partial charge in [0, 0.05) is 29.9 Å². The van der Waals surface area contributed by atoms with Gasteiger partial charge in [-0.1, -0.05) is 76.2 Å². The van der Waals surface area contributed by atoms with Crippen molar-refractivity contribution in [2.24, 2.45) is 11.8 Å². The number of hydrogen-bond acceptors (Lipinski definition) is 11. The third-order valence-corrected chi connectivity index (χ3v) is 10.7. The third kappa shape index (κ3) is 15.1. The number of aliphatic carboxylic acids is 1. The Kier molecular flexibility index (Phi) is 19.2. The van der Waals surface area contributed by atoms with Gasteiger partial charge in [-0.05, 0) is 48.8 Å². The van der Waals surface area contributed by atoms with Crippen LogP contribution in [-0.4, -0.2) is 135 Å². The minimum Gasteiger partial charge on any atom is -0.481 e. The fourth-order valence-electron chi connectivity index (χ4n) is 7.28. The number of aromatic nitrogens is 1. The summed E-state index contributed by atoms with van der Waals surface area (Å²) in [6.45, 7) is 6.37. The second-order valence-corrected chi connectivity index (χ2v) is 17.1. The summed E-state index contributed by atoms with van der Waals surface area (Å²) in [5.41, 5.74) is 1.85. The van der Waals surface area contributed by atoms with E-state index in [1.165, 1.54) is 6.92 Å². The van der Waals surface area contributed by atoms with Gasteiger partial charge in [-0.3, -0.25) is 43.2 Å². The number of carboxylic acid groups (broad SMARTS) is 1. The van der Waals surface area contributed by atoms with Gasteiger partial charge in [-0.2, -0.15) is 0 Å². The van der Waals surface area contributed by atoms with Crippen molar-refractivity contribution in [1.29, 1.82) is 0 Å². The van der Waals surface area contributed by atoms with E-state index in [1.54, 1.807) is 88.5 Å². The zero-order chi connectivity index (χ0) is 48.7. The Morgan fingerprint density at radius 1 is 0.515 bits per heavy atom. The van der Waals surface area contributed by atoms with E-state index in [4.69, 9.17) is 0 Å². The molecule has 1 saturated heterocycles. The Labute approximate surface area is 381 Å². The lowest BCUT2D eigenvalue weighted by Crippen LogP contribution is -2.62. The Morgan fingerprint density at radius 2 is 0.924 bits per heavy atom. The molecule has 0 radical (unpaired) electrons. The summed E-state index contributed by atoms with van der Waals surface area (Å²) in [4.78, 5) is 126. The summed E-state index contributed by atoms with van der Waals surface area (Å²) in [5.74, 6) is -9.72. The van der Waals surface area contributed by atoms with Gasteiger partial charge in [0.25, 0.3) is 0 Å². The highest BCUT2D eigenvalue weighted by molar-refractivity contribution is 5.99. The van der Waals surface area contributed by atoms with Crippen LogP contribution in [0.3, 0.4) is 0 Å². The smallest absolute Gasteiger partial charge is 0.305 e. The van der Waals surface area contributed by atoms with Crippen molar-refractivity contribution in [2.45, 2.75) is 115 Å². The molecule has 0 aliphatic carbocycles. The molecule has 66 heavy (non-hydrogen) atoms. The molecule has 2 aromatic carbocycles. The molecule has 8 amide bonds. The van der Waals surface area contributed by atoms with Crippen LogP contribution >= 0.6 is 0 Å². The first-order chi connectivity index (χ1) is 31.3. The van der Waals surface area contributed by atoms with Gasteiger partial charge in [0.2, 0.25) is 47.3 Å². The number of aliphatic hydroxyl groups is 2. The van der Waals surface area contributed by atoms with Crippen LogP contribution in [0.15, 0.2) is 60.8 Å². The SMILES string of the molecule is CC(C)C[C@@H]1NC(=O)[C@H](C)NC(=O)[C@H](Cc2ccccc2)NC(=O)[C@H](CO)NC(=O)[C@H](CC(=O)O)NC(=O)[C@H](CC(C)C)NC(=O)[C@H](Cc2c[nH]c3ccccc23)NC(=O)[C@H](CO)NC1=O. The van der Waals surface area contributed by atoms with Gasteiger partial charge in [0.1, 0.15) is 48.3 Å². The summed E-state index contributed by atoms with van der Waals surface area (Å²) in [6, 6.07) is 3.35. The monoisotopic (exact) mass is 919 g/mol. The topological polar surface area (TPSA) is 326 Å². The number of nitrogens with one attached hydrogen (secondary N) is 9. The molecule has 1 aromatic heterocycles. The molecule has 1 aliphatic rings. The highest BCUT2D eigenvalue weighted by Gasteiger charge is 2.36. The molecule has 1 aliphatic heterocycles. The molecule has 8 atom stereocenters. The molecule has 21 heteroatoms. The number of amides is 8. The van der Waals surface area contributed by atoms with Gasteiger partial charge < -0.3 is 62.8 Å². The standard InChI is InChI=1S/C45H61N9O12/c1-23(2)15-30-41(62)53-36(22-56)45(66)51-33(18-27-20-46-29-14-10-9-13-28(27)29)42(63)49-31(16-24(3)4)40(61)52-34(19-37(57)58)43(64)54-35(21-55)44(65)50-32(17-26-11-7-6-8-12-26)39(60)47-25(5)38(59)48-30/h6-14,20,23-25,30-36,46,55-56H,15-19,21-22H2,1-5H3,(H,47,60)(H,48,59)(H,49,63)(H,50,65)(H,51,66)(H,52,61)(H,53,62)(H,54,64)(H,57,58)/t25-,30-,31-,32-,33-,34-,35-,36-/m0/s1. The van der Waals surface area contributed by atoms with E-state index in [2.05, 4.69) is 47.5 Å². The maximum Gasteiger partial charge on any atom is 0.305 e.